The number of para-hydroxylation sites is 1. The van der Waals surface area contributed by atoms with Crippen LogP contribution in [0.3, 0.4) is 0 Å². The first-order valence-electron chi connectivity index (χ1n) is 27.1. The summed E-state index contributed by atoms with van der Waals surface area (Å²) in [5.74, 6) is 1.84. The molecular weight excluding hydrogens is 943 g/mol. The van der Waals surface area contributed by atoms with Crippen LogP contribution in [0.2, 0.25) is 0 Å². The van der Waals surface area contributed by atoms with Gasteiger partial charge in [-0.15, -0.1) is 0 Å². The normalized spacial score (nSPS) is 13.7. The fourth-order valence-corrected chi connectivity index (χ4v) is 14.0. The molecule has 0 saturated carbocycles. The third-order valence-corrected chi connectivity index (χ3v) is 17.2. The molecule has 0 fully saturated rings. The van der Waals surface area contributed by atoms with Gasteiger partial charge in [0, 0.05) is 38.7 Å². The number of fused-ring (bicyclic) bond motifs is 16. The molecule has 78 heavy (non-hydrogen) atoms. The Balaban J connectivity index is 0.908. The molecule has 13 aromatic carbocycles. The predicted molar refractivity (Wildman–Crippen MR) is 322 cm³/mol. The fourth-order valence-electron chi connectivity index (χ4n) is 14.0. The van der Waals surface area contributed by atoms with Crippen molar-refractivity contribution in [3.05, 3.63) is 342 Å². The Kier molecular flexibility index (Phi) is 9.80. The highest BCUT2D eigenvalue weighted by Crippen LogP contribution is 2.65. The lowest BCUT2D eigenvalue weighted by Crippen LogP contribution is -2.32. The summed E-state index contributed by atoms with van der Waals surface area (Å²) in [5.41, 5.74) is 21.6. The average molecular weight is 992 g/mol. The minimum absolute atomic E-state index is 0.546. The van der Waals surface area contributed by atoms with E-state index in [0.29, 0.717) is 0 Å². The molecule has 0 atom stereocenters. The maximum atomic E-state index is 7.28. The van der Waals surface area contributed by atoms with Gasteiger partial charge in [0.1, 0.15) is 11.5 Å². The minimum atomic E-state index is -0.643. The monoisotopic (exact) mass is 991 g/mol. The third kappa shape index (κ3) is 6.20. The highest BCUT2D eigenvalue weighted by molar-refractivity contribution is 6.02. The van der Waals surface area contributed by atoms with E-state index >= 15 is 0 Å². The Labute approximate surface area is 454 Å². The number of anilines is 3. The molecule has 0 N–H and O–H groups in total. The zero-order chi connectivity index (χ0) is 51.4. The Morgan fingerprint density at radius 1 is 0.269 bits per heavy atom. The standard InChI is InChI=1S/C76H49NO/c1-4-21-51(22-5-1)58-29-16-19-37-70(58)77(71-38-20-36-66-72(71)63-33-15-18-35-65(63)75(66,55-25-6-2-7-26-55)56-27-8-3-9-28-56)57-44-39-50(40-45-57)54-41-46-62-61-32-14-17-34-64(61)76(69(62)49-54)67-47-42-52-23-10-12-30-59(52)73(67)78-74-60-31-13-11-24-53(60)43-48-68(74)76/h1-49H. The van der Waals surface area contributed by atoms with Crippen LogP contribution in [0.1, 0.15) is 44.5 Å². The van der Waals surface area contributed by atoms with Gasteiger partial charge in [-0.25, -0.2) is 0 Å². The largest absolute Gasteiger partial charge is 0.455 e. The van der Waals surface area contributed by atoms with Crippen LogP contribution in [-0.2, 0) is 10.8 Å². The summed E-state index contributed by atoms with van der Waals surface area (Å²) in [6.45, 7) is 0. The number of ether oxygens (including phenoxy) is 1. The van der Waals surface area contributed by atoms with Crippen LogP contribution >= 0.6 is 0 Å². The van der Waals surface area contributed by atoms with Gasteiger partial charge in [-0.1, -0.05) is 267 Å². The van der Waals surface area contributed by atoms with Gasteiger partial charge < -0.3 is 9.64 Å². The van der Waals surface area contributed by atoms with Crippen LogP contribution in [0, 0.1) is 0 Å². The SMILES string of the molecule is c1ccc(-c2ccccc2N(c2ccc(-c3ccc4c(c3)C3(c5ccccc5-4)c4ccc5ccccc5c4Oc4c3ccc3ccccc43)cc2)c2cccc3c2-c2ccccc2C3(c2ccccc2)c2ccccc2)cc1. The van der Waals surface area contributed by atoms with Gasteiger partial charge in [0.15, 0.2) is 0 Å². The van der Waals surface area contributed by atoms with Gasteiger partial charge in [-0.05, 0) is 108 Å². The molecule has 16 rings (SSSR count). The van der Waals surface area contributed by atoms with Crippen LogP contribution in [0.25, 0.3) is 66.1 Å². The lowest BCUT2D eigenvalue weighted by atomic mass is 9.65. The van der Waals surface area contributed by atoms with E-state index < -0.39 is 10.8 Å². The Bertz CT molecular complexity index is 4400. The number of nitrogens with zero attached hydrogens (tertiary/aromatic N) is 1. The van der Waals surface area contributed by atoms with E-state index in [2.05, 4.69) is 302 Å². The molecule has 2 heteroatoms. The molecule has 3 aliphatic rings. The predicted octanol–water partition coefficient (Wildman–Crippen LogP) is 19.6. The zero-order valence-corrected chi connectivity index (χ0v) is 42.6. The molecule has 0 amide bonds. The molecule has 0 radical (unpaired) electrons. The maximum absolute atomic E-state index is 7.28. The maximum Gasteiger partial charge on any atom is 0.140 e. The minimum Gasteiger partial charge on any atom is -0.455 e. The van der Waals surface area contributed by atoms with E-state index in [1.165, 1.54) is 55.6 Å². The smallest absolute Gasteiger partial charge is 0.140 e. The van der Waals surface area contributed by atoms with Crippen LogP contribution in [0.15, 0.2) is 297 Å². The Morgan fingerprint density at radius 2 is 0.756 bits per heavy atom. The van der Waals surface area contributed by atoms with Crippen LogP contribution < -0.4 is 9.64 Å². The summed E-state index contributed by atoms with van der Waals surface area (Å²) >= 11 is 0. The Morgan fingerprint density at radius 3 is 1.41 bits per heavy atom. The van der Waals surface area contributed by atoms with Crippen molar-refractivity contribution in [3.8, 4) is 56.0 Å². The van der Waals surface area contributed by atoms with Gasteiger partial charge in [0.05, 0.1) is 22.2 Å². The molecule has 0 aromatic heterocycles. The average Bonchev–Trinajstić information content (AvgIpc) is 3.15. The van der Waals surface area contributed by atoms with Crippen molar-refractivity contribution in [1.82, 2.24) is 0 Å². The Hall–Kier alpha value is -10.0. The topological polar surface area (TPSA) is 12.5 Å². The zero-order valence-electron chi connectivity index (χ0n) is 42.6. The van der Waals surface area contributed by atoms with E-state index in [1.807, 2.05) is 0 Å². The highest BCUT2D eigenvalue weighted by atomic mass is 16.5. The quantitative estimate of drug-likeness (QED) is 0.158. The second-order valence-electron chi connectivity index (χ2n) is 21.0. The van der Waals surface area contributed by atoms with Gasteiger partial charge in [0.2, 0.25) is 0 Å². The molecule has 1 aliphatic heterocycles. The van der Waals surface area contributed by atoms with Crippen LogP contribution in [0.5, 0.6) is 11.5 Å². The third-order valence-electron chi connectivity index (χ3n) is 17.2. The summed E-state index contributed by atoms with van der Waals surface area (Å²) in [6, 6.07) is 110. The second-order valence-corrected chi connectivity index (χ2v) is 21.0. The van der Waals surface area contributed by atoms with Crippen LogP contribution in [-0.4, -0.2) is 0 Å². The number of hydrogen-bond donors (Lipinski definition) is 0. The molecule has 1 spiro atoms. The highest BCUT2D eigenvalue weighted by Gasteiger charge is 2.52. The first-order chi connectivity index (χ1) is 38.7. The van der Waals surface area contributed by atoms with Crippen LogP contribution in [0.4, 0.5) is 17.1 Å². The van der Waals surface area contributed by atoms with E-state index in [-0.39, 0.29) is 0 Å². The second kappa shape index (κ2) is 17.3. The first kappa shape index (κ1) is 44.3. The fraction of sp³-hybridized carbons (Fsp3) is 0.0263. The molecule has 2 nitrogen and oxygen atoms in total. The summed E-state index contributed by atoms with van der Waals surface area (Å²) in [4.78, 5) is 2.51. The van der Waals surface area contributed by atoms with E-state index in [0.717, 1.165) is 83.5 Å². The van der Waals surface area contributed by atoms with Gasteiger partial charge >= 0.3 is 0 Å². The number of rotatable bonds is 7. The molecule has 0 unspecified atom stereocenters. The molecule has 13 aromatic rings. The van der Waals surface area contributed by atoms with E-state index in [4.69, 9.17) is 4.74 Å². The molecule has 0 saturated heterocycles. The molecule has 2 aliphatic carbocycles. The lowest BCUT2D eigenvalue weighted by molar-refractivity contribution is 0.447. The first-order valence-corrected chi connectivity index (χ1v) is 27.1. The van der Waals surface area contributed by atoms with Gasteiger partial charge in [-0.2, -0.15) is 0 Å². The summed E-state index contributed by atoms with van der Waals surface area (Å²) in [7, 11) is 0. The molecule has 364 valence electrons. The summed E-state index contributed by atoms with van der Waals surface area (Å²) in [5, 5.41) is 4.55. The molecule has 0 bridgehead atoms. The summed E-state index contributed by atoms with van der Waals surface area (Å²) in [6.07, 6.45) is 0. The number of benzene rings is 13. The molecule has 1 heterocycles. The van der Waals surface area contributed by atoms with E-state index in [1.54, 1.807) is 0 Å². The van der Waals surface area contributed by atoms with Gasteiger partial charge in [-0.3, -0.25) is 0 Å². The van der Waals surface area contributed by atoms with Crippen molar-refractivity contribution in [2.45, 2.75) is 10.8 Å². The van der Waals surface area contributed by atoms with E-state index in [9.17, 15) is 0 Å². The number of hydrogen-bond acceptors (Lipinski definition) is 2. The summed E-state index contributed by atoms with van der Waals surface area (Å²) < 4.78 is 7.28. The van der Waals surface area contributed by atoms with Crippen molar-refractivity contribution in [2.75, 3.05) is 4.90 Å². The van der Waals surface area contributed by atoms with Crippen molar-refractivity contribution < 1.29 is 4.74 Å². The lowest BCUT2D eigenvalue weighted by Gasteiger charge is -2.40. The van der Waals surface area contributed by atoms with Crippen molar-refractivity contribution in [2.24, 2.45) is 0 Å². The van der Waals surface area contributed by atoms with Crippen molar-refractivity contribution >= 4 is 38.6 Å². The van der Waals surface area contributed by atoms with Gasteiger partial charge in [0.25, 0.3) is 0 Å². The van der Waals surface area contributed by atoms with Crippen molar-refractivity contribution in [1.29, 1.82) is 0 Å². The van der Waals surface area contributed by atoms with Crippen molar-refractivity contribution in [3.63, 3.8) is 0 Å². The molecular formula is C76H49NO.